The highest BCUT2D eigenvalue weighted by molar-refractivity contribution is 6.08. The molecule has 3 heterocycles. The maximum atomic E-state index is 9.07. The molecule has 4 aromatic rings. The van der Waals surface area contributed by atoms with Crippen molar-refractivity contribution >= 4 is 17.2 Å². The molecule has 0 unspecified atom stereocenters. The van der Waals surface area contributed by atoms with E-state index in [9.17, 15) is 0 Å². The van der Waals surface area contributed by atoms with E-state index in [2.05, 4.69) is 25.4 Å². The van der Waals surface area contributed by atoms with Crippen LogP contribution in [0.3, 0.4) is 0 Å². The molecule has 1 aromatic carbocycles. The number of methoxy groups -OCH3 is 1. The van der Waals surface area contributed by atoms with E-state index in [0.29, 0.717) is 42.8 Å². The van der Waals surface area contributed by atoms with E-state index in [1.807, 2.05) is 70.3 Å². The molecule has 204 valence electrons. The molecule has 0 fully saturated rings. The molecule has 0 radical (unpaired) electrons. The van der Waals surface area contributed by atoms with Gasteiger partial charge in [-0.1, -0.05) is 26.0 Å². The number of aryl methyl sites for hydroxylation is 1. The minimum absolute atomic E-state index is 0.0137. The molecule has 0 bridgehead atoms. The van der Waals surface area contributed by atoms with Crippen LogP contribution >= 0.6 is 0 Å². The zero-order chi connectivity index (χ0) is 27.9. The maximum absolute atomic E-state index is 9.07. The standard InChI is InChI=1S/C29H36N8O2/c1-7-39-29-23(9-8-14-32-29)24-15-25(26(27(30)19(2)3)28(31-4)34-24)37(18-21-16-33-36(5)35-21)17-20-10-12-22(38-6)13-11-20/h8-16,19,30H,7,17-18H2,1-6H3,(H,31,34). The summed E-state index contributed by atoms with van der Waals surface area (Å²) in [5.74, 6) is 1.92. The number of ether oxygens (including phenoxy) is 2. The van der Waals surface area contributed by atoms with Gasteiger partial charge in [-0.2, -0.15) is 15.0 Å². The summed E-state index contributed by atoms with van der Waals surface area (Å²) in [6, 6.07) is 13.8. The average molecular weight is 529 g/mol. The molecule has 0 aliphatic carbocycles. The molecule has 0 aliphatic rings. The van der Waals surface area contributed by atoms with Gasteiger partial charge in [0.05, 0.1) is 49.0 Å². The molecule has 10 nitrogen and oxygen atoms in total. The number of pyridine rings is 2. The topological polar surface area (TPSA) is 114 Å². The summed E-state index contributed by atoms with van der Waals surface area (Å²) >= 11 is 0. The summed E-state index contributed by atoms with van der Waals surface area (Å²) in [5.41, 5.74) is 5.47. The Kier molecular flexibility index (Phi) is 8.75. The van der Waals surface area contributed by atoms with E-state index in [-0.39, 0.29) is 5.92 Å². The Morgan fingerprint density at radius 1 is 1.15 bits per heavy atom. The molecule has 39 heavy (non-hydrogen) atoms. The number of rotatable bonds is 12. The number of hydrogen-bond donors (Lipinski definition) is 2. The van der Waals surface area contributed by atoms with Gasteiger partial charge in [0.25, 0.3) is 0 Å². The SMILES string of the molecule is CCOc1ncccc1-c1cc(N(Cc2ccc(OC)cc2)Cc2cnn(C)n2)c(C(=N)C(C)C)c(NC)n1. The summed E-state index contributed by atoms with van der Waals surface area (Å²) in [6.07, 6.45) is 3.48. The van der Waals surface area contributed by atoms with Gasteiger partial charge in [-0.05, 0) is 48.7 Å². The first-order valence-electron chi connectivity index (χ1n) is 13.0. The van der Waals surface area contributed by atoms with Gasteiger partial charge in [0.2, 0.25) is 5.88 Å². The fraction of sp³-hybridized carbons (Fsp3) is 0.345. The summed E-state index contributed by atoms with van der Waals surface area (Å²) in [6.45, 7) is 7.50. The lowest BCUT2D eigenvalue weighted by Gasteiger charge is -2.29. The molecule has 3 aromatic heterocycles. The number of benzene rings is 1. The third-order valence-electron chi connectivity index (χ3n) is 6.28. The van der Waals surface area contributed by atoms with Crippen LogP contribution in [-0.2, 0) is 20.1 Å². The number of anilines is 2. The highest BCUT2D eigenvalue weighted by Gasteiger charge is 2.25. The predicted octanol–water partition coefficient (Wildman–Crippen LogP) is 4.95. The molecule has 0 saturated heterocycles. The van der Waals surface area contributed by atoms with E-state index in [4.69, 9.17) is 19.9 Å². The largest absolute Gasteiger partial charge is 0.497 e. The second-order valence-electron chi connectivity index (χ2n) is 9.39. The molecule has 4 rings (SSSR count). The van der Waals surface area contributed by atoms with Gasteiger partial charge in [-0.15, -0.1) is 0 Å². The number of nitrogens with zero attached hydrogens (tertiary/aromatic N) is 6. The number of aromatic nitrogens is 5. The van der Waals surface area contributed by atoms with E-state index in [1.54, 1.807) is 31.3 Å². The van der Waals surface area contributed by atoms with Crippen molar-refractivity contribution in [2.45, 2.75) is 33.9 Å². The first-order chi connectivity index (χ1) is 18.8. The van der Waals surface area contributed by atoms with Crippen molar-refractivity contribution in [1.82, 2.24) is 25.0 Å². The van der Waals surface area contributed by atoms with Crippen LogP contribution < -0.4 is 19.7 Å². The first-order valence-corrected chi connectivity index (χ1v) is 13.0. The zero-order valence-corrected chi connectivity index (χ0v) is 23.4. The van der Waals surface area contributed by atoms with Crippen LogP contribution in [0.15, 0.2) is 54.9 Å². The van der Waals surface area contributed by atoms with Crippen molar-refractivity contribution < 1.29 is 9.47 Å². The van der Waals surface area contributed by atoms with Gasteiger partial charge in [-0.3, -0.25) is 0 Å². The quantitative estimate of drug-likeness (QED) is 0.248. The van der Waals surface area contributed by atoms with Crippen molar-refractivity contribution in [3.05, 3.63) is 71.7 Å². The molecular formula is C29H36N8O2. The van der Waals surface area contributed by atoms with Crippen LogP contribution in [0.25, 0.3) is 11.3 Å². The van der Waals surface area contributed by atoms with Gasteiger partial charge in [0.1, 0.15) is 17.3 Å². The van der Waals surface area contributed by atoms with Crippen molar-refractivity contribution in [3.63, 3.8) is 0 Å². The van der Waals surface area contributed by atoms with E-state index >= 15 is 0 Å². The minimum Gasteiger partial charge on any atom is -0.497 e. The van der Waals surface area contributed by atoms with Crippen molar-refractivity contribution in [1.29, 1.82) is 5.41 Å². The minimum atomic E-state index is -0.0137. The van der Waals surface area contributed by atoms with Crippen LogP contribution in [0.2, 0.25) is 0 Å². The summed E-state index contributed by atoms with van der Waals surface area (Å²) in [5, 5.41) is 21.1. The fourth-order valence-corrected chi connectivity index (χ4v) is 4.32. The molecule has 0 saturated carbocycles. The van der Waals surface area contributed by atoms with Gasteiger partial charge in [0, 0.05) is 32.5 Å². The van der Waals surface area contributed by atoms with Crippen molar-refractivity contribution in [2.24, 2.45) is 13.0 Å². The highest BCUT2D eigenvalue weighted by atomic mass is 16.5. The third kappa shape index (κ3) is 6.34. The molecule has 0 aliphatic heterocycles. The van der Waals surface area contributed by atoms with Gasteiger partial charge < -0.3 is 25.1 Å². The second-order valence-corrected chi connectivity index (χ2v) is 9.39. The lowest BCUT2D eigenvalue weighted by atomic mass is 9.96. The number of hydrogen-bond acceptors (Lipinski definition) is 9. The summed E-state index contributed by atoms with van der Waals surface area (Å²) in [4.78, 5) is 13.2. The van der Waals surface area contributed by atoms with Gasteiger partial charge >= 0.3 is 0 Å². The van der Waals surface area contributed by atoms with Crippen LogP contribution in [-0.4, -0.2) is 51.4 Å². The van der Waals surface area contributed by atoms with Gasteiger partial charge in [-0.25, -0.2) is 9.97 Å². The Morgan fingerprint density at radius 2 is 1.92 bits per heavy atom. The van der Waals surface area contributed by atoms with Crippen LogP contribution in [0.5, 0.6) is 11.6 Å². The smallest absolute Gasteiger partial charge is 0.222 e. The molecule has 10 heteroatoms. The van der Waals surface area contributed by atoms with Crippen molar-refractivity contribution in [3.8, 4) is 22.9 Å². The third-order valence-corrected chi connectivity index (χ3v) is 6.28. The Hall–Kier alpha value is -4.47. The van der Waals surface area contributed by atoms with E-state index < -0.39 is 0 Å². The summed E-state index contributed by atoms with van der Waals surface area (Å²) < 4.78 is 11.2. The highest BCUT2D eigenvalue weighted by Crippen LogP contribution is 2.37. The Balaban J connectivity index is 1.93. The Bertz CT molecular complexity index is 1420. The maximum Gasteiger partial charge on any atom is 0.222 e. The van der Waals surface area contributed by atoms with E-state index in [0.717, 1.165) is 33.8 Å². The van der Waals surface area contributed by atoms with Crippen LogP contribution in [0.4, 0.5) is 11.5 Å². The lowest BCUT2D eigenvalue weighted by molar-refractivity contribution is 0.328. The second kappa shape index (κ2) is 12.4. The van der Waals surface area contributed by atoms with Crippen LogP contribution in [0.1, 0.15) is 37.6 Å². The Labute approximate surface area is 229 Å². The predicted molar refractivity (Wildman–Crippen MR) is 154 cm³/mol. The van der Waals surface area contributed by atoms with E-state index in [1.165, 1.54) is 0 Å². The zero-order valence-electron chi connectivity index (χ0n) is 23.4. The molecule has 2 N–H and O–H groups in total. The first kappa shape index (κ1) is 27.6. The number of nitrogens with one attached hydrogen (secondary N) is 2. The van der Waals surface area contributed by atoms with Crippen molar-refractivity contribution in [2.75, 3.05) is 31.0 Å². The molecular weight excluding hydrogens is 492 g/mol. The van der Waals surface area contributed by atoms with Gasteiger partial charge in [0.15, 0.2) is 0 Å². The summed E-state index contributed by atoms with van der Waals surface area (Å²) in [7, 11) is 5.29. The molecule has 0 amide bonds. The lowest BCUT2D eigenvalue weighted by Crippen LogP contribution is -2.26. The average Bonchev–Trinajstić information content (AvgIpc) is 3.36. The fourth-order valence-electron chi connectivity index (χ4n) is 4.32. The molecule has 0 atom stereocenters. The van der Waals surface area contributed by atoms with Crippen LogP contribution in [0, 0.1) is 11.3 Å². The monoisotopic (exact) mass is 528 g/mol. The Morgan fingerprint density at radius 3 is 2.54 bits per heavy atom. The normalized spacial score (nSPS) is 10.9. The molecule has 0 spiro atoms.